The van der Waals surface area contributed by atoms with Crippen molar-refractivity contribution in [2.75, 3.05) is 5.88 Å². The summed E-state index contributed by atoms with van der Waals surface area (Å²) < 4.78 is 0. The minimum Gasteiger partial charge on any atom is -0.300 e. The summed E-state index contributed by atoms with van der Waals surface area (Å²) in [5.74, 6) is 0.968. The molecule has 0 aromatic carbocycles. The summed E-state index contributed by atoms with van der Waals surface area (Å²) in [7, 11) is 0. The third kappa shape index (κ3) is 9.88. The topological polar surface area (TPSA) is 17.1 Å². The minimum atomic E-state index is 0.354. The van der Waals surface area contributed by atoms with Crippen LogP contribution in [0.25, 0.3) is 0 Å². The van der Waals surface area contributed by atoms with Crippen LogP contribution in [0, 0.1) is 5.41 Å². The molecular weight excluding hydrogens is 184 g/mol. The van der Waals surface area contributed by atoms with Crippen LogP contribution in [0.1, 0.15) is 52.9 Å². The number of carbonyl (C=O) groups is 1. The molecule has 2 heteroatoms. The minimum absolute atomic E-state index is 0.354. The van der Waals surface area contributed by atoms with Crippen molar-refractivity contribution in [1.29, 1.82) is 0 Å². The summed E-state index contributed by atoms with van der Waals surface area (Å²) in [6.45, 7) is 6.61. The number of alkyl halides is 1. The van der Waals surface area contributed by atoms with Crippen molar-refractivity contribution in [3.05, 3.63) is 0 Å². The Morgan fingerprint density at radius 1 is 1.15 bits per heavy atom. The lowest BCUT2D eigenvalue weighted by molar-refractivity contribution is -0.119. The van der Waals surface area contributed by atoms with Crippen LogP contribution >= 0.6 is 11.6 Å². The molecule has 13 heavy (non-hydrogen) atoms. The first kappa shape index (κ1) is 13.0. The van der Waals surface area contributed by atoms with Gasteiger partial charge in [0, 0.05) is 18.7 Å². The van der Waals surface area contributed by atoms with Crippen LogP contribution in [0.5, 0.6) is 0 Å². The Hall–Kier alpha value is -0.0400. The van der Waals surface area contributed by atoms with E-state index in [1.54, 1.807) is 0 Å². The number of hydrogen-bond acceptors (Lipinski definition) is 1. The third-order valence-electron chi connectivity index (χ3n) is 1.97. The summed E-state index contributed by atoms with van der Waals surface area (Å²) in [5.41, 5.74) is 0.354. The van der Waals surface area contributed by atoms with Crippen molar-refractivity contribution in [2.45, 2.75) is 52.9 Å². The molecule has 0 aliphatic carbocycles. The highest BCUT2D eigenvalue weighted by Gasteiger charge is 2.10. The molecule has 0 aliphatic heterocycles. The average Bonchev–Trinajstić information content (AvgIpc) is 1.98. The maximum atomic E-state index is 11.2. The van der Waals surface area contributed by atoms with Crippen LogP contribution in [0.2, 0.25) is 0 Å². The molecule has 0 amide bonds. The Balaban J connectivity index is 3.37. The van der Waals surface area contributed by atoms with E-state index in [-0.39, 0.29) is 0 Å². The molecular formula is C11H21ClO. The molecule has 0 radical (unpaired) electrons. The van der Waals surface area contributed by atoms with Crippen LogP contribution in [0.15, 0.2) is 0 Å². The first-order chi connectivity index (χ1) is 5.95. The van der Waals surface area contributed by atoms with E-state index in [9.17, 15) is 4.79 Å². The van der Waals surface area contributed by atoms with Crippen molar-refractivity contribution in [3.8, 4) is 0 Å². The lowest BCUT2D eigenvalue weighted by Gasteiger charge is -2.17. The molecule has 0 spiro atoms. The van der Waals surface area contributed by atoms with Gasteiger partial charge in [0.05, 0.1) is 0 Å². The van der Waals surface area contributed by atoms with Gasteiger partial charge in [0.15, 0.2) is 0 Å². The van der Waals surface area contributed by atoms with E-state index in [2.05, 4.69) is 20.8 Å². The van der Waals surface area contributed by atoms with Crippen molar-refractivity contribution in [2.24, 2.45) is 5.41 Å². The molecule has 0 unspecified atom stereocenters. The summed E-state index contributed by atoms with van der Waals surface area (Å²) in [6.07, 6.45) is 4.36. The molecule has 0 heterocycles. The Kier molecular flexibility index (Phi) is 6.40. The summed E-state index contributed by atoms with van der Waals surface area (Å²) in [5, 5.41) is 0. The Morgan fingerprint density at radius 2 is 1.69 bits per heavy atom. The molecule has 0 aromatic rings. The second-order valence-corrected chi connectivity index (χ2v) is 5.12. The smallest absolute Gasteiger partial charge is 0.132 e. The first-order valence-corrected chi connectivity index (χ1v) is 5.57. The van der Waals surface area contributed by atoms with E-state index < -0.39 is 0 Å². The van der Waals surface area contributed by atoms with E-state index in [0.717, 1.165) is 25.7 Å². The van der Waals surface area contributed by atoms with E-state index in [0.29, 0.717) is 23.5 Å². The van der Waals surface area contributed by atoms with Crippen LogP contribution in [-0.2, 0) is 4.79 Å². The largest absolute Gasteiger partial charge is 0.300 e. The van der Waals surface area contributed by atoms with E-state index in [4.69, 9.17) is 11.6 Å². The number of rotatable bonds is 6. The van der Waals surface area contributed by atoms with Crippen LogP contribution in [0.4, 0.5) is 0 Å². The van der Waals surface area contributed by atoms with Gasteiger partial charge in [0.25, 0.3) is 0 Å². The molecule has 0 atom stereocenters. The Morgan fingerprint density at radius 3 is 2.15 bits per heavy atom. The highest BCUT2D eigenvalue weighted by Crippen LogP contribution is 2.21. The van der Waals surface area contributed by atoms with Gasteiger partial charge < -0.3 is 0 Å². The molecule has 0 N–H and O–H groups in total. The highest BCUT2D eigenvalue weighted by molar-refractivity contribution is 6.17. The van der Waals surface area contributed by atoms with Crippen molar-refractivity contribution < 1.29 is 4.79 Å². The number of carbonyl (C=O) groups excluding carboxylic acids is 1. The van der Waals surface area contributed by atoms with Gasteiger partial charge in [-0.1, -0.05) is 20.8 Å². The summed E-state index contributed by atoms with van der Waals surface area (Å²) in [4.78, 5) is 11.2. The zero-order valence-electron chi connectivity index (χ0n) is 9.03. The molecule has 0 saturated heterocycles. The van der Waals surface area contributed by atoms with Gasteiger partial charge in [-0.15, -0.1) is 11.6 Å². The molecule has 0 aliphatic rings. The van der Waals surface area contributed by atoms with E-state index >= 15 is 0 Å². The quantitative estimate of drug-likeness (QED) is 0.602. The standard InChI is InChI=1S/C11H21ClO/c1-11(2,3)8-4-6-10(13)7-5-9-12/h4-9H2,1-3H3. The van der Waals surface area contributed by atoms with Gasteiger partial charge in [0.1, 0.15) is 5.78 Å². The zero-order chi connectivity index (χ0) is 10.3. The maximum Gasteiger partial charge on any atom is 0.132 e. The molecule has 0 bridgehead atoms. The van der Waals surface area contributed by atoms with Crippen LogP contribution in [0.3, 0.4) is 0 Å². The Labute approximate surface area is 86.9 Å². The van der Waals surface area contributed by atoms with Crippen molar-refractivity contribution >= 4 is 17.4 Å². The van der Waals surface area contributed by atoms with Gasteiger partial charge in [-0.05, 0) is 24.7 Å². The highest BCUT2D eigenvalue weighted by atomic mass is 35.5. The lowest BCUT2D eigenvalue weighted by atomic mass is 9.89. The SMILES string of the molecule is CC(C)(C)CCCC(=O)CCCCl. The molecule has 0 saturated carbocycles. The summed E-state index contributed by atoms with van der Waals surface area (Å²) in [6, 6.07) is 0. The molecule has 0 rings (SSSR count). The van der Waals surface area contributed by atoms with E-state index in [1.165, 1.54) is 0 Å². The third-order valence-corrected chi connectivity index (χ3v) is 2.24. The maximum absolute atomic E-state index is 11.2. The van der Waals surface area contributed by atoms with Crippen molar-refractivity contribution in [3.63, 3.8) is 0 Å². The van der Waals surface area contributed by atoms with Crippen LogP contribution < -0.4 is 0 Å². The second kappa shape index (κ2) is 6.42. The molecule has 1 nitrogen and oxygen atoms in total. The predicted octanol–water partition coefficient (Wildman–Crippen LogP) is 3.79. The molecule has 78 valence electrons. The van der Waals surface area contributed by atoms with Crippen molar-refractivity contribution in [1.82, 2.24) is 0 Å². The number of hydrogen-bond donors (Lipinski definition) is 0. The Bertz CT molecular complexity index is 147. The van der Waals surface area contributed by atoms with Gasteiger partial charge in [0.2, 0.25) is 0 Å². The first-order valence-electron chi connectivity index (χ1n) is 5.03. The number of halogens is 1. The fourth-order valence-corrected chi connectivity index (χ4v) is 1.34. The van der Waals surface area contributed by atoms with Crippen LogP contribution in [-0.4, -0.2) is 11.7 Å². The lowest BCUT2D eigenvalue weighted by Crippen LogP contribution is -2.06. The van der Waals surface area contributed by atoms with Gasteiger partial charge in [-0.2, -0.15) is 0 Å². The zero-order valence-corrected chi connectivity index (χ0v) is 9.78. The molecule has 0 aromatic heterocycles. The number of Topliss-reactive ketones (excluding diaryl/α,β-unsaturated/α-hetero) is 1. The predicted molar refractivity (Wildman–Crippen MR) is 58.3 cm³/mol. The number of ketones is 1. The summed E-state index contributed by atoms with van der Waals surface area (Å²) >= 11 is 5.50. The second-order valence-electron chi connectivity index (χ2n) is 4.75. The van der Waals surface area contributed by atoms with Gasteiger partial charge in [-0.25, -0.2) is 0 Å². The van der Waals surface area contributed by atoms with E-state index in [1.807, 2.05) is 0 Å². The normalized spacial score (nSPS) is 11.7. The average molecular weight is 205 g/mol. The van der Waals surface area contributed by atoms with Gasteiger partial charge >= 0.3 is 0 Å². The van der Waals surface area contributed by atoms with Gasteiger partial charge in [-0.3, -0.25) is 4.79 Å². The fourth-order valence-electron chi connectivity index (χ4n) is 1.20. The molecule has 0 fully saturated rings. The monoisotopic (exact) mass is 204 g/mol. The fraction of sp³-hybridized carbons (Fsp3) is 0.909.